The monoisotopic (exact) mass is 128 g/mol. The second-order valence-electron chi connectivity index (χ2n) is 3.07. The molecule has 1 heterocycles. The van der Waals surface area contributed by atoms with Crippen molar-refractivity contribution in [2.75, 3.05) is 13.1 Å². The molecule has 1 rings (SSSR count). The smallest absolute Gasteiger partial charge is 0.0733 e. The first-order valence-electron chi connectivity index (χ1n) is 3.61. The van der Waals surface area contributed by atoms with Crippen LogP contribution in [0.5, 0.6) is 0 Å². The Bertz CT molecular complexity index is 92.9. The first-order chi connectivity index (χ1) is 4.20. The average Bonchev–Trinajstić information content (AvgIpc) is 1.80. The number of hydrogen-bond donors (Lipinski definition) is 2. The second kappa shape index (κ2) is 2.67. The SMILES string of the molecule is [CH2-][NH+]1C[C@H](C)NC[C@H]1C. The van der Waals surface area contributed by atoms with Gasteiger partial charge < -0.3 is 10.2 Å². The summed E-state index contributed by atoms with van der Waals surface area (Å²) in [4.78, 5) is 1.40. The lowest BCUT2D eigenvalue weighted by molar-refractivity contribution is -0.883. The molecule has 0 aromatic heterocycles. The molecule has 1 aliphatic rings. The van der Waals surface area contributed by atoms with Crippen LogP contribution in [0.2, 0.25) is 0 Å². The molecule has 0 radical (unpaired) electrons. The van der Waals surface area contributed by atoms with Crippen LogP contribution >= 0.6 is 0 Å². The number of quaternary nitrogens is 1. The maximum atomic E-state index is 4.01. The Kier molecular flexibility index (Phi) is 2.09. The molecule has 0 amide bonds. The molecule has 2 nitrogen and oxygen atoms in total. The van der Waals surface area contributed by atoms with Crippen LogP contribution in [-0.2, 0) is 0 Å². The highest BCUT2D eigenvalue weighted by molar-refractivity contribution is 4.66. The van der Waals surface area contributed by atoms with E-state index in [1.54, 1.807) is 0 Å². The third-order valence-electron chi connectivity index (χ3n) is 2.04. The summed E-state index contributed by atoms with van der Waals surface area (Å²) in [5.41, 5.74) is 0. The first kappa shape index (κ1) is 7.03. The highest BCUT2D eigenvalue weighted by Crippen LogP contribution is 1.84. The quantitative estimate of drug-likeness (QED) is 0.402. The van der Waals surface area contributed by atoms with Crippen LogP contribution in [0.3, 0.4) is 0 Å². The summed E-state index contributed by atoms with van der Waals surface area (Å²) >= 11 is 0. The standard InChI is InChI=1S/C7H16N2/c1-6-5-9(3)7(2)4-8-6/h6-9H,3-5H2,1-2H3/t6-,7+/m0/s1. The lowest BCUT2D eigenvalue weighted by atomic mass is 10.2. The molecule has 1 fully saturated rings. The summed E-state index contributed by atoms with van der Waals surface area (Å²) in [6.07, 6.45) is 0. The van der Waals surface area contributed by atoms with E-state index in [4.69, 9.17) is 0 Å². The van der Waals surface area contributed by atoms with Crippen molar-refractivity contribution >= 4 is 0 Å². The van der Waals surface area contributed by atoms with Crippen LogP contribution in [0.1, 0.15) is 13.8 Å². The zero-order valence-electron chi connectivity index (χ0n) is 6.28. The van der Waals surface area contributed by atoms with Crippen molar-refractivity contribution in [1.82, 2.24) is 5.32 Å². The van der Waals surface area contributed by atoms with Crippen LogP contribution in [0, 0.1) is 7.05 Å². The Hall–Kier alpha value is -0.0800. The van der Waals surface area contributed by atoms with Crippen LogP contribution in [0.25, 0.3) is 0 Å². The second-order valence-corrected chi connectivity index (χ2v) is 3.07. The van der Waals surface area contributed by atoms with Gasteiger partial charge in [-0.2, -0.15) is 7.05 Å². The van der Waals surface area contributed by atoms with Crippen LogP contribution in [0.4, 0.5) is 0 Å². The molecule has 9 heavy (non-hydrogen) atoms. The maximum absolute atomic E-state index is 4.01. The van der Waals surface area contributed by atoms with E-state index in [1.165, 1.54) is 4.90 Å². The van der Waals surface area contributed by atoms with Crippen molar-refractivity contribution in [2.24, 2.45) is 0 Å². The van der Waals surface area contributed by atoms with Crippen molar-refractivity contribution in [2.45, 2.75) is 25.9 Å². The predicted octanol–water partition coefficient (Wildman–Crippen LogP) is -0.957. The van der Waals surface area contributed by atoms with E-state index in [2.05, 4.69) is 26.2 Å². The lowest BCUT2D eigenvalue weighted by Gasteiger charge is -2.36. The fourth-order valence-corrected chi connectivity index (χ4v) is 1.19. The van der Waals surface area contributed by atoms with E-state index in [9.17, 15) is 0 Å². The Labute approximate surface area is 57.2 Å². The van der Waals surface area contributed by atoms with E-state index < -0.39 is 0 Å². The van der Waals surface area contributed by atoms with Crippen molar-refractivity contribution in [3.63, 3.8) is 0 Å². The molecule has 2 N–H and O–H groups in total. The summed E-state index contributed by atoms with van der Waals surface area (Å²) in [5, 5.41) is 3.40. The Morgan fingerprint density at radius 3 is 2.67 bits per heavy atom. The molecule has 0 aromatic rings. The Balaban J connectivity index is 2.35. The van der Waals surface area contributed by atoms with Crippen molar-refractivity contribution in [1.29, 1.82) is 0 Å². The van der Waals surface area contributed by atoms with Crippen molar-refractivity contribution < 1.29 is 4.90 Å². The summed E-state index contributed by atoms with van der Waals surface area (Å²) in [5.74, 6) is 0. The Morgan fingerprint density at radius 1 is 1.56 bits per heavy atom. The molecule has 1 unspecified atom stereocenters. The molecule has 0 bridgehead atoms. The van der Waals surface area contributed by atoms with E-state index in [0.29, 0.717) is 12.1 Å². The minimum Gasteiger partial charge on any atom is -0.463 e. The molecule has 54 valence electrons. The molecule has 1 aliphatic heterocycles. The van der Waals surface area contributed by atoms with Gasteiger partial charge in [0, 0.05) is 6.54 Å². The van der Waals surface area contributed by atoms with E-state index >= 15 is 0 Å². The summed E-state index contributed by atoms with van der Waals surface area (Å²) in [6, 6.07) is 1.33. The largest absolute Gasteiger partial charge is 0.463 e. The third-order valence-corrected chi connectivity index (χ3v) is 2.04. The molecule has 3 atom stereocenters. The molecule has 0 aromatic carbocycles. The molecular weight excluding hydrogens is 112 g/mol. The fourth-order valence-electron chi connectivity index (χ4n) is 1.19. The predicted molar refractivity (Wildman–Crippen MR) is 38.1 cm³/mol. The van der Waals surface area contributed by atoms with Crippen molar-refractivity contribution in [3.05, 3.63) is 7.05 Å². The van der Waals surface area contributed by atoms with Crippen molar-refractivity contribution in [3.8, 4) is 0 Å². The van der Waals surface area contributed by atoms with Gasteiger partial charge in [-0.1, -0.05) is 0 Å². The molecular formula is C7H16N2. The average molecular weight is 128 g/mol. The lowest BCUT2D eigenvalue weighted by Crippen LogP contribution is -3.14. The molecule has 2 heteroatoms. The van der Waals surface area contributed by atoms with Gasteiger partial charge in [-0.05, 0) is 13.8 Å². The van der Waals surface area contributed by atoms with Crippen LogP contribution in [-0.4, -0.2) is 25.2 Å². The number of rotatable bonds is 0. The van der Waals surface area contributed by atoms with Gasteiger partial charge in [0.1, 0.15) is 0 Å². The van der Waals surface area contributed by atoms with Crippen LogP contribution in [0.15, 0.2) is 0 Å². The normalized spacial score (nSPS) is 45.0. The molecule has 0 aliphatic carbocycles. The van der Waals surface area contributed by atoms with Gasteiger partial charge in [0.2, 0.25) is 0 Å². The van der Waals surface area contributed by atoms with E-state index in [0.717, 1.165) is 13.1 Å². The summed E-state index contributed by atoms with van der Waals surface area (Å²) < 4.78 is 0. The van der Waals surface area contributed by atoms with E-state index in [1.807, 2.05) is 0 Å². The highest BCUT2D eigenvalue weighted by atomic mass is 15.2. The zero-order chi connectivity index (χ0) is 6.85. The third kappa shape index (κ3) is 1.66. The number of hydrogen-bond acceptors (Lipinski definition) is 1. The van der Waals surface area contributed by atoms with Gasteiger partial charge in [-0.3, -0.25) is 0 Å². The Morgan fingerprint density at radius 2 is 2.22 bits per heavy atom. The van der Waals surface area contributed by atoms with Gasteiger partial charge in [0.25, 0.3) is 0 Å². The van der Waals surface area contributed by atoms with Gasteiger partial charge in [-0.15, -0.1) is 0 Å². The molecule has 0 saturated carbocycles. The minimum atomic E-state index is 0.647. The fraction of sp³-hybridized carbons (Fsp3) is 0.857. The topological polar surface area (TPSA) is 16.5 Å². The van der Waals surface area contributed by atoms with Gasteiger partial charge in [0.05, 0.1) is 18.6 Å². The highest BCUT2D eigenvalue weighted by Gasteiger charge is 2.17. The minimum absolute atomic E-state index is 0.647. The first-order valence-corrected chi connectivity index (χ1v) is 3.61. The molecule has 1 saturated heterocycles. The number of nitrogens with one attached hydrogen (secondary N) is 2. The summed E-state index contributed by atoms with van der Waals surface area (Å²) in [7, 11) is 4.01. The van der Waals surface area contributed by atoms with Gasteiger partial charge >= 0.3 is 0 Å². The van der Waals surface area contributed by atoms with Gasteiger partial charge in [0.15, 0.2) is 0 Å². The van der Waals surface area contributed by atoms with E-state index in [-0.39, 0.29) is 0 Å². The maximum Gasteiger partial charge on any atom is 0.0733 e. The molecule has 0 spiro atoms. The zero-order valence-corrected chi connectivity index (χ0v) is 6.28. The van der Waals surface area contributed by atoms with Crippen LogP contribution < -0.4 is 10.2 Å². The number of piperazine rings is 1. The summed E-state index contributed by atoms with van der Waals surface area (Å²) in [6.45, 7) is 6.69. The van der Waals surface area contributed by atoms with Gasteiger partial charge in [-0.25, -0.2) is 0 Å².